The van der Waals surface area contributed by atoms with Gasteiger partial charge in [-0.25, -0.2) is 0 Å². The lowest BCUT2D eigenvalue weighted by molar-refractivity contribution is 1.05. The van der Waals surface area contributed by atoms with E-state index in [1.807, 2.05) is 36.4 Å². The Hall–Kier alpha value is -2.66. The van der Waals surface area contributed by atoms with Crippen molar-refractivity contribution in [2.45, 2.75) is 26.7 Å². The van der Waals surface area contributed by atoms with Gasteiger partial charge in [0.25, 0.3) is 0 Å². The number of aromatic nitrogens is 3. The minimum atomic E-state index is 0.142. The smallest absolute Gasteiger partial charge is 0.233 e. The van der Waals surface area contributed by atoms with Crippen LogP contribution in [0.25, 0.3) is 0 Å². The molecule has 0 saturated carbocycles. The van der Waals surface area contributed by atoms with E-state index in [1.165, 1.54) is 11.1 Å². The fourth-order valence-electron chi connectivity index (χ4n) is 2.60. The molecule has 0 amide bonds. The molecule has 5 nitrogen and oxygen atoms in total. The molecule has 0 radical (unpaired) electrons. The summed E-state index contributed by atoms with van der Waals surface area (Å²) in [5.74, 6) is 0.828. The van der Waals surface area contributed by atoms with Crippen molar-refractivity contribution in [2.24, 2.45) is 0 Å². The summed E-state index contributed by atoms with van der Waals surface area (Å²) in [7, 11) is 0. The summed E-state index contributed by atoms with van der Waals surface area (Å²) in [6.45, 7) is 4.21. The highest BCUT2D eigenvalue weighted by molar-refractivity contribution is 6.28. The van der Waals surface area contributed by atoms with Gasteiger partial charge in [-0.2, -0.15) is 15.0 Å². The van der Waals surface area contributed by atoms with Crippen LogP contribution in [0, 0.1) is 0 Å². The zero-order chi connectivity index (χ0) is 17.6. The van der Waals surface area contributed by atoms with Crippen LogP contribution in [0.15, 0.2) is 48.5 Å². The molecular weight excluding hydrogens is 334 g/mol. The lowest BCUT2D eigenvalue weighted by atomic mass is 10.1. The molecule has 0 saturated heterocycles. The quantitative estimate of drug-likeness (QED) is 0.642. The standard InChI is InChI=1S/C19H20ClN5/c1-3-13-9-5-7-11-15(13)21-18-23-17(20)24-19(25-18)22-16-12-8-6-10-14(16)4-2/h5-12H,3-4H2,1-2H3,(H2,21,22,23,24,25). The highest BCUT2D eigenvalue weighted by atomic mass is 35.5. The number of halogens is 1. The van der Waals surface area contributed by atoms with Crippen molar-refractivity contribution >= 4 is 34.9 Å². The molecule has 6 heteroatoms. The Morgan fingerprint density at radius 1 is 0.720 bits per heavy atom. The average molecular weight is 354 g/mol. The summed E-state index contributed by atoms with van der Waals surface area (Å²) < 4.78 is 0. The van der Waals surface area contributed by atoms with Crippen molar-refractivity contribution in [3.8, 4) is 0 Å². The van der Waals surface area contributed by atoms with Gasteiger partial charge in [-0.15, -0.1) is 0 Å². The highest BCUT2D eigenvalue weighted by Crippen LogP contribution is 2.23. The van der Waals surface area contributed by atoms with Crippen LogP contribution in [0.5, 0.6) is 0 Å². The van der Waals surface area contributed by atoms with E-state index in [1.54, 1.807) is 0 Å². The summed E-state index contributed by atoms with van der Waals surface area (Å²) in [5, 5.41) is 6.61. The number of nitrogens with one attached hydrogen (secondary N) is 2. The number of aryl methyl sites for hydroxylation is 2. The van der Waals surface area contributed by atoms with Crippen LogP contribution in [0.1, 0.15) is 25.0 Å². The van der Waals surface area contributed by atoms with E-state index in [4.69, 9.17) is 11.6 Å². The summed E-state index contributed by atoms with van der Waals surface area (Å²) in [5.41, 5.74) is 4.30. The second-order valence-corrected chi connectivity index (χ2v) is 5.86. The average Bonchev–Trinajstić information content (AvgIpc) is 2.62. The molecule has 0 aliphatic carbocycles. The summed E-state index contributed by atoms with van der Waals surface area (Å²) in [4.78, 5) is 12.8. The Morgan fingerprint density at radius 2 is 1.16 bits per heavy atom. The first-order valence-corrected chi connectivity index (χ1v) is 8.68. The van der Waals surface area contributed by atoms with Crippen LogP contribution >= 0.6 is 11.6 Å². The van der Waals surface area contributed by atoms with Crippen molar-refractivity contribution in [1.29, 1.82) is 0 Å². The Morgan fingerprint density at radius 3 is 1.60 bits per heavy atom. The zero-order valence-corrected chi connectivity index (χ0v) is 15.0. The Kier molecular flexibility index (Phi) is 5.46. The highest BCUT2D eigenvalue weighted by Gasteiger charge is 2.09. The number of rotatable bonds is 6. The van der Waals surface area contributed by atoms with Crippen LogP contribution in [-0.2, 0) is 12.8 Å². The molecule has 25 heavy (non-hydrogen) atoms. The normalized spacial score (nSPS) is 10.5. The van der Waals surface area contributed by atoms with Crippen molar-refractivity contribution in [3.63, 3.8) is 0 Å². The largest absolute Gasteiger partial charge is 0.324 e. The van der Waals surface area contributed by atoms with E-state index < -0.39 is 0 Å². The molecule has 3 rings (SSSR count). The van der Waals surface area contributed by atoms with E-state index in [0.29, 0.717) is 11.9 Å². The maximum atomic E-state index is 6.09. The first-order valence-electron chi connectivity index (χ1n) is 8.31. The van der Waals surface area contributed by atoms with E-state index in [2.05, 4.69) is 51.6 Å². The van der Waals surface area contributed by atoms with Gasteiger partial charge in [0.05, 0.1) is 0 Å². The molecule has 0 aliphatic heterocycles. The first kappa shape index (κ1) is 17.2. The molecule has 0 unspecified atom stereocenters. The minimum absolute atomic E-state index is 0.142. The molecule has 1 heterocycles. The number of nitrogens with zero attached hydrogens (tertiary/aromatic N) is 3. The van der Waals surface area contributed by atoms with Gasteiger partial charge >= 0.3 is 0 Å². The predicted octanol–water partition coefficient (Wildman–Crippen LogP) is 5.14. The molecular formula is C19H20ClN5. The monoisotopic (exact) mass is 353 g/mol. The molecule has 0 bridgehead atoms. The molecule has 128 valence electrons. The minimum Gasteiger partial charge on any atom is -0.324 e. The topological polar surface area (TPSA) is 62.7 Å². The van der Waals surface area contributed by atoms with E-state index in [-0.39, 0.29) is 5.28 Å². The van der Waals surface area contributed by atoms with Gasteiger partial charge in [-0.3, -0.25) is 0 Å². The van der Waals surface area contributed by atoms with Gasteiger partial charge in [0, 0.05) is 11.4 Å². The van der Waals surface area contributed by atoms with Gasteiger partial charge in [0.15, 0.2) is 0 Å². The van der Waals surface area contributed by atoms with Crippen LogP contribution in [0.4, 0.5) is 23.3 Å². The van der Waals surface area contributed by atoms with E-state index >= 15 is 0 Å². The molecule has 0 fully saturated rings. The molecule has 0 atom stereocenters. The van der Waals surface area contributed by atoms with Crippen LogP contribution in [0.3, 0.4) is 0 Å². The SMILES string of the molecule is CCc1ccccc1Nc1nc(Cl)nc(Nc2ccccc2CC)n1. The number of para-hydroxylation sites is 2. The third kappa shape index (κ3) is 4.25. The third-order valence-corrected chi connectivity index (χ3v) is 4.07. The fourth-order valence-corrected chi connectivity index (χ4v) is 2.76. The van der Waals surface area contributed by atoms with Crippen molar-refractivity contribution in [2.75, 3.05) is 10.6 Å². The lowest BCUT2D eigenvalue weighted by Crippen LogP contribution is -2.06. The molecule has 1 aromatic heterocycles. The zero-order valence-electron chi connectivity index (χ0n) is 14.3. The van der Waals surface area contributed by atoms with Crippen LogP contribution < -0.4 is 10.6 Å². The molecule has 0 spiro atoms. The summed E-state index contributed by atoms with van der Waals surface area (Å²) in [6.07, 6.45) is 1.83. The van der Waals surface area contributed by atoms with E-state index in [0.717, 1.165) is 24.2 Å². The Labute approximate surface area is 152 Å². The third-order valence-electron chi connectivity index (χ3n) is 3.90. The van der Waals surface area contributed by atoms with Gasteiger partial charge in [-0.1, -0.05) is 50.2 Å². The predicted molar refractivity (Wildman–Crippen MR) is 103 cm³/mol. The fraction of sp³-hybridized carbons (Fsp3) is 0.211. The van der Waals surface area contributed by atoms with Gasteiger partial charge in [0.1, 0.15) is 0 Å². The number of hydrogen-bond donors (Lipinski definition) is 2. The van der Waals surface area contributed by atoms with Crippen molar-refractivity contribution < 1.29 is 0 Å². The number of hydrogen-bond acceptors (Lipinski definition) is 5. The van der Waals surface area contributed by atoms with Gasteiger partial charge in [-0.05, 0) is 47.7 Å². The maximum Gasteiger partial charge on any atom is 0.233 e. The molecule has 0 aliphatic rings. The Bertz CT molecular complexity index is 798. The molecule has 3 aromatic rings. The first-order chi connectivity index (χ1) is 12.2. The van der Waals surface area contributed by atoms with Gasteiger partial charge < -0.3 is 10.6 Å². The van der Waals surface area contributed by atoms with Crippen molar-refractivity contribution in [3.05, 3.63) is 64.9 Å². The summed E-state index contributed by atoms with van der Waals surface area (Å²) >= 11 is 6.09. The van der Waals surface area contributed by atoms with Crippen LogP contribution in [-0.4, -0.2) is 15.0 Å². The second-order valence-electron chi connectivity index (χ2n) is 5.52. The second kappa shape index (κ2) is 7.94. The van der Waals surface area contributed by atoms with E-state index in [9.17, 15) is 0 Å². The molecule has 2 aromatic carbocycles. The number of anilines is 4. The molecule has 2 N–H and O–H groups in total. The van der Waals surface area contributed by atoms with Gasteiger partial charge in [0.2, 0.25) is 17.2 Å². The Balaban J connectivity index is 1.88. The number of benzene rings is 2. The maximum absolute atomic E-state index is 6.09. The lowest BCUT2D eigenvalue weighted by Gasteiger charge is -2.12. The summed E-state index contributed by atoms with van der Waals surface area (Å²) in [6, 6.07) is 16.1. The van der Waals surface area contributed by atoms with Crippen molar-refractivity contribution in [1.82, 2.24) is 15.0 Å². The van der Waals surface area contributed by atoms with Crippen LogP contribution in [0.2, 0.25) is 5.28 Å².